The van der Waals surface area contributed by atoms with Gasteiger partial charge in [0.2, 0.25) is 0 Å². The molecule has 1 fully saturated rings. The topological polar surface area (TPSA) is 41.6 Å². The second kappa shape index (κ2) is 10.4. The van der Waals surface area contributed by atoms with Crippen molar-refractivity contribution in [1.82, 2.24) is 5.32 Å². The van der Waals surface area contributed by atoms with Gasteiger partial charge < -0.3 is 10.1 Å². The number of ether oxygens (including phenoxy) is 1. The van der Waals surface area contributed by atoms with Crippen molar-refractivity contribution in [2.75, 3.05) is 23.5 Å². The van der Waals surface area contributed by atoms with Crippen LogP contribution >= 0.6 is 23.4 Å². The highest BCUT2D eigenvalue weighted by atomic mass is 35.5. The van der Waals surface area contributed by atoms with E-state index in [2.05, 4.69) is 5.32 Å². The lowest BCUT2D eigenvalue weighted by molar-refractivity contribution is -0.137. The number of anilines is 1. The lowest BCUT2D eigenvalue weighted by Gasteiger charge is -2.38. The number of carbonyl (C=O) groups excluding carboxylic acids is 1. The normalized spacial score (nSPS) is 18.0. The first kappa shape index (κ1) is 25.3. The minimum atomic E-state index is -4.47. The molecule has 0 unspecified atom stereocenters. The molecule has 9 heteroatoms. The van der Waals surface area contributed by atoms with Crippen LogP contribution in [0.5, 0.6) is 11.5 Å². The molecule has 0 bridgehead atoms. The first-order valence-electron chi connectivity index (χ1n) is 11.0. The Morgan fingerprint density at radius 2 is 1.71 bits per heavy atom. The summed E-state index contributed by atoms with van der Waals surface area (Å²) >= 11 is 7.58. The highest BCUT2D eigenvalue weighted by Crippen LogP contribution is 2.42. The number of rotatable bonds is 8. The van der Waals surface area contributed by atoms with E-state index in [0.717, 1.165) is 24.3 Å². The quantitative estimate of drug-likeness (QED) is 0.309. The molecule has 1 atom stereocenters. The van der Waals surface area contributed by atoms with Crippen molar-refractivity contribution in [3.8, 4) is 11.5 Å². The van der Waals surface area contributed by atoms with Gasteiger partial charge in [-0.1, -0.05) is 23.7 Å². The second-order valence-electron chi connectivity index (χ2n) is 8.25. The smallest absolute Gasteiger partial charge is 0.416 e. The lowest BCUT2D eigenvalue weighted by Crippen LogP contribution is -2.45. The standard InChI is InChI=1S/C26H24ClF3N2O2S/c1-35-15-3-14-25(18-4-2-5-19(16-18)26(28,29)30)17-31-24(33)32(25)21-8-12-23(13-9-21)34-22-10-6-20(27)7-11-22/h2,4-13,16H,3,14-15,17H2,1H3,(H,31,33)/t25-/m1/s1. The molecule has 35 heavy (non-hydrogen) atoms. The Morgan fingerprint density at radius 1 is 1.06 bits per heavy atom. The number of amides is 2. The summed E-state index contributed by atoms with van der Waals surface area (Å²) in [5.41, 5.74) is -0.657. The third-order valence-corrected chi connectivity index (χ3v) is 6.92. The van der Waals surface area contributed by atoms with E-state index in [-0.39, 0.29) is 12.6 Å². The zero-order chi connectivity index (χ0) is 25.1. The summed E-state index contributed by atoms with van der Waals surface area (Å²) in [6, 6.07) is 18.8. The number of benzene rings is 3. The Kier molecular flexibility index (Phi) is 7.52. The molecule has 0 radical (unpaired) electrons. The highest BCUT2D eigenvalue weighted by molar-refractivity contribution is 7.98. The van der Waals surface area contributed by atoms with Gasteiger partial charge in [0, 0.05) is 17.3 Å². The van der Waals surface area contributed by atoms with Gasteiger partial charge in [0.15, 0.2) is 0 Å². The van der Waals surface area contributed by atoms with Crippen LogP contribution in [0, 0.1) is 0 Å². The molecule has 1 saturated heterocycles. The maximum Gasteiger partial charge on any atom is 0.416 e. The van der Waals surface area contributed by atoms with Crippen molar-refractivity contribution in [3.63, 3.8) is 0 Å². The Hall–Kier alpha value is -2.84. The summed E-state index contributed by atoms with van der Waals surface area (Å²) in [5.74, 6) is 2.00. The van der Waals surface area contributed by atoms with Crippen LogP contribution in [-0.2, 0) is 11.7 Å². The summed E-state index contributed by atoms with van der Waals surface area (Å²) in [7, 11) is 0. The summed E-state index contributed by atoms with van der Waals surface area (Å²) in [6.07, 6.45) is -1.25. The van der Waals surface area contributed by atoms with E-state index < -0.39 is 17.3 Å². The van der Waals surface area contributed by atoms with Crippen LogP contribution in [0.2, 0.25) is 5.02 Å². The number of nitrogens with zero attached hydrogens (tertiary/aromatic N) is 1. The van der Waals surface area contributed by atoms with Gasteiger partial charge in [-0.25, -0.2) is 4.79 Å². The molecule has 0 spiro atoms. The second-order valence-corrected chi connectivity index (χ2v) is 9.67. The van der Waals surface area contributed by atoms with Crippen LogP contribution < -0.4 is 15.0 Å². The van der Waals surface area contributed by atoms with Crippen LogP contribution in [0.15, 0.2) is 72.8 Å². The molecular weight excluding hydrogens is 497 g/mol. The summed E-state index contributed by atoms with van der Waals surface area (Å²) in [6.45, 7) is 0.213. The Morgan fingerprint density at radius 3 is 2.34 bits per heavy atom. The van der Waals surface area contributed by atoms with Gasteiger partial charge in [-0.2, -0.15) is 24.9 Å². The van der Waals surface area contributed by atoms with Gasteiger partial charge >= 0.3 is 12.2 Å². The molecule has 3 aromatic rings. The number of hydrogen-bond donors (Lipinski definition) is 1. The van der Waals surface area contributed by atoms with Gasteiger partial charge in [-0.15, -0.1) is 0 Å². The van der Waals surface area contributed by atoms with Gasteiger partial charge in [-0.05, 0) is 91.1 Å². The van der Waals surface area contributed by atoms with E-state index in [1.165, 1.54) is 6.07 Å². The zero-order valence-corrected chi connectivity index (χ0v) is 20.5. The molecule has 0 aliphatic carbocycles. The van der Waals surface area contributed by atoms with Crippen molar-refractivity contribution in [3.05, 3.63) is 88.9 Å². The van der Waals surface area contributed by atoms with E-state index in [0.29, 0.717) is 34.2 Å². The fourth-order valence-corrected chi connectivity index (χ4v) is 4.87. The minimum Gasteiger partial charge on any atom is -0.457 e. The van der Waals surface area contributed by atoms with Crippen molar-refractivity contribution in [1.29, 1.82) is 0 Å². The average molecular weight is 521 g/mol. The maximum absolute atomic E-state index is 13.5. The van der Waals surface area contributed by atoms with E-state index in [1.807, 2.05) is 6.26 Å². The lowest BCUT2D eigenvalue weighted by atomic mass is 9.83. The number of thioether (sulfide) groups is 1. The molecular formula is C26H24ClF3N2O2S. The van der Waals surface area contributed by atoms with E-state index in [9.17, 15) is 18.0 Å². The Balaban J connectivity index is 1.69. The number of carbonyl (C=O) groups is 1. The molecule has 1 heterocycles. The number of urea groups is 1. The SMILES string of the molecule is CSCCC[C@]1(c2cccc(C(F)(F)F)c2)CNC(=O)N1c1ccc(Oc2ccc(Cl)cc2)cc1. The fourth-order valence-electron chi connectivity index (χ4n) is 4.31. The molecule has 1 aliphatic rings. The van der Waals surface area contributed by atoms with Crippen LogP contribution in [0.4, 0.5) is 23.7 Å². The molecule has 3 aromatic carbocycles. The zero-order valence-electron chi connectivity index (χ0n) is 18.9. The molecule has 0 aromatic heterocycles. The Labute approximate surface area is 211 Å². The molecule has 4 nitrogen and oxygen atoms in total. The third-order valence-electron chi connectivity index (χ3n) is 5.97. The molecule has 4 rings (SSSR count). The summed E-state index contributed by atoms with van der Waals surface area (Å²) in [4.78, 5) is 14.6. The van der Waals surface area contributed by atoms with Crippen LogP contribution in [0.3, 0.4) is 0 Å². The van der Waals surface area contributed by atoms with E-state index in [4.69, 9.17) is 16.3 Å². The molecule has 2 amide bonds. The number of hydrogen-bond acceptors (Lipinski definition) is 3. The van der Waals surface area contributed by atoms with Crippen molar-refractivity contribution < 1.29 is 22.7 Å². The number of alkyl halides is 3. The first-order chi connectivity index (χ1) is 16.7. The number of nitrogens with one attached hydrogen (secondary N) is 1. The summed E-state index contributed by atoms with van der Waals surface area (Å²) in [5, 5.41) is 3.45. The molecule has 0 saturated carbocycles. The monoisotopic (exact) mass is 520 g/mol. The molecule has 1 aliphatic heterocycles. The van der Waals surface area contributed by atoms with Gasteiger partial charge in [-0.3, -0.25) is 4.90 Å². The average Bonchev–Trinajstić information content (AvgIpc) is 3.18. The predicted octanol–water partition coefficient (Wildman–Crippen LogP) is 7.72. The van der Waals surface area contributed by atoms with Gasteiger partial charge in [0.25, 0.3) is 0 Å². The van der Waals surface area contributed by atoms with Crippen LogP contribution in [-0.4, -0.2) is 24.6 Å². The highest BCUT2D eigenvalue weighted by Gasteiger charge is 2.48. The largest absolute Gasteiger partial charge is 0.457 e. The van der Waals surface area contributed by atoms with E-state index >= 15 is 0 Å². The van der Waals surface area contributed by atoms with Crippen LogP contribution in [0.1, 0.15) is 24.0 Å². The van der Waals surface area contributed by atoms with Crippen molar-refractivity contribution in [2.45, 2.75) is 24.6 Å². The predicted molar refractivity (Wildman–Crippen MR) is 135 cm³/mol. The first-order valence-corrected chi connectivity index (χ1v) is 12.8. The van der Waals surface area contributed by atoms with Crippen LogP contribution in [0.25, 0.3) is 0 Å². The van der Waals surface area contributed by atoms with E-state index in [1.54, 1.807) is 71.3 Å². The van der Waals surface area contributed by atoms with Gasteiger partial charge in [0.05, 0.1) is 11.1 Å². The molecule has 184 valence electrons. The van der Waals surface area contributed by atoms with Crippen molar-refractivity contribution >= 4 is 35.1 Å². The number of halogens is 4. The Bertz CT molecular complexity index is 1170. The maximum atomic E-state index is 13.5. The summed E-state index contributed by atoms with van der Waals surface area (Å²) < 4.78 is 46.4. The molecule has 1 N–H and O–H groups in total. The third kappa shape index (κ3) is 5.54. The minimum absolute atomic E-state index is 0.213. The van der Waals surface area contributed by atoms with Crippen molar-refractivity contribution in [2.24, 2.45) is 0 Å². The van der Waals surface area contributed by atoms with Gasteiger partial charge in [0.1, 0.15) is 11.5 Å². The fraction of sp³-hybridized carbons (Fsp3) is 0.269.